The molecule has 3 aliphatic heterocycles. The van der Waals surface area contributed by atoms with Crippen molar-refractivity contribution < 1.29 is 23.6 Å². The fourth-order valence-electron chi connectivity index (χ4n) is 9.15. The van der Waals surface area contributed by atoms with Crippen LogP contribution in [0, 0.1) is 12.7 Å². The van der Waals surface area contributed by atoms with E-state index in [2.05, 4.69) is 37.4 Å². The van der Waals surface area contributed by atoms with E-state index in [1.54, 1.807) is 6.20 Å². The van der Waals surface area contributed by atoms with E-state index in [4.69, 9.17) is 4.98 Å². The van der Waals surface area contributed by atoms with Crippen LogP contribution >= 0.6 is 0 Å². The molecule has 3 N–H and O–H groups in total. The van der Waals surface area contributed by atoms with Gasteiger partial charge in [0, 0.05) is 79.6 Å². The number of fused-ring (bicyclic) bond motifs is 2. The minimum atomic E-state index is -0.793. The van der Waals surface area contributed by atoms with Crippen molar-refractivity contribution in [3.63, 3.8) is 0 Å². The van der Waals surface area contributed by atoms with Crippen LogP contribution in [0.1, 0.15) is 108 Å². The molecule has 0 saturated carbocycles. The van der Waals surface area contributed by atoms with E-state index in [-0.39, 0.29) is 61.0 Å². The quantitative estimate of drug-likeness (QED) is 0.137. The van der Waals surface area contributed by atoms with Crippen molar-refractivity contribution in [2.75, 3.05) is 25.0 Å². The summed E-state index contributed by atoms with van der Waals surface area (Å²) in [7, 11) is 2.03. The Kier molecular flexibility index (Phi) is 11.6. The number of hydrogen-bond acceptors (Lipinski definition) is 9. The third-order valence-electron chi connectivity index (χ3n) is 12.3. The van der Waals surface area contributed by atoms with Gasteiger partial charge in [-0.2, -0.15) is 5.10 Å². The number of halogens is 1. The number of nitrogens with one attached hydrogen (secondary N) is 3. The number of H-pyrrole nitrogens is 1. The van der Waals surface area contributed by atoms with Crippen LogP contribution in [0.5, 0.6) is 0 Å². The van der Waals surface area contributed by atoms with E-state index in [9.17, 15) is 24.0 Å². The Morgan fingerprint density at radius 2 is 1.80 bits per heavy atom. The summed E-state index contributed by atoms with van der Waals surface area (Å²) in [5.41, 5.74) is 6.42. The molecule has 1 unspecified atom stereocenters. The molecule has 0 aliphatic carbocycles. The van der Waals surface area contributed by atoms with Crippen molar-refractivity contribution in [3.8, 4) is 11.1 Å². The summed E-state index contributed by atoms with van der Waals surface area (Å²) in [5.74, 6) is -1.42. The van der Waals surface area contributed by atoms with Crippen molar-refractivity contribution in [1.29, 1.82) is 0 Å². The monoisotopic (exact) mass is 829 g/mol. The van der Waals surface area contributed by atoms with Gasteiger partial charge < -0.3 is 20.1 Å². The maximum Gasteiger partial charge on any atom is 0.258 e. The second-order valence-electron chi connectivity index (χ2n) is 16.9. The van der Waals surface area contributed by atoms with E-state index in [1.807, 2.05) is 75.1 Å². The number of carbonyl (C=O) groups is 4. The lowest BCUT2D eigenvalue weighted by atomic mass is 9.99. The molecule has 1 atom stereocenters. The fraction of sp³-hybridized carbons (Fsp3) is 0.413. The Labute approximate surface area is 353 Å². The molecule has 2 fully saturated rings. The highest BCUT2D eigenvalue weighted by Crippen LogP contribution is 2.33. The summed E-state index contributed by atoms with van der Waals surface area (Å²) in [6, 6.07) is 12.7. The van der Waals surface area contributed by atoms with Crippen LogP contribution in [0.4, 0.5) is 10.2 Å². The van der Waals surface area contributed by atoms with Gasteiger partial charge in [0.2, 0.25) is 11.8 Å². The molecule has 6 heterocycles. The summed E-state index contributed by atoms with van der Waals surface area (Å²) in [4.78, 5) is 77.7. The molecule has 14 nitrogen and oxygen atoms in total. The molecule has 15 heteroatoms. The van der Waals surface area contributed by atoms with E-state index >= 15 is 4.39 Å². The molecule has 5 aromatic rings. The maximum atomic E-state index is 15.4. The first-order valence-corrected chi connectivity index (χ1v) is 21.2. The standard InChI is InChI=1S/C46H52FN9O5/c1-6-7-29-16-27(4)51-44(59)35(29)22-49-43(58)34-19-31(20-39-36(34)23-50-56(39)26(2)3)30-8-10-40(48-21-30)54-14-12-33(13-15-54)53(5)24-28-17-32-25-55(46(61)42(32)37(47)18-28)38-9-11-41(57)52-45(38)60/h8,10,16-21,23,26,33,38H,6-7,9,11-15,22,24-25H2,1-5H3,(H,49,58)(H,51,59)(H,52,57,60). The Hall–Kier alpha value is -6.22. The number of piperidine rings is 2. The van der Waals surface area contributed by atoms with E-state index < -0.39 is 23.7 Å². The third kappa shape index (κ3) is 8.30. The van der Waals surface area contributed by atoms with Gasteiger partial charge in [0.15, 0.2) is 0 Å². The van der Waals surface area contributed by atoms with Gasteiger partial charge in [0.25, 0.3) is 17.4 Å². The smallest absolute Gasteiger partial charge is 0.258 e. The summed E-state index contributed by atoms with van der Waals surface area (Å²) >= 11 is 0. The molecule has 4 amide bonds. The van der Waals surface area contributed by atoms with Crippen LogP contribution in [0.15, 0.2) is 59.7 Å². The van der Waals surface area contributed by atoms with Gasteiger partial charge in [0.1, 0.15) is 17.7 Å². The molecule has 0 spiro atoms. The molecule has 61 heavy (non-hydrogen) atoms. The number of imide groups is 1. The number of nitrogens with zero attached hydrogens (tertiary/aromatic N) is 6. The normalized spacial score (nSPS) is 17.2. The highest BCUT2D eigenvalue weighted by atomic mass is 19.1. The topological polar surface area (TPSA) is 166 Å². The SMILES string of the molecule is CCCc1cc(C)[nH]c(=O)c1CNC(=O)c1cc(-c2ccc(N3CCC(N(C)Cc4cc(F)c5c(c4)CN(C4CCC(=O)NC4=O)C5=O)CC3)nc2)cc2c1cnn2C(C)C. The summed E-state index contributed by atoms with van der Waals surface area (Å²) in [6.45, 7) is 10.3. The van der Waals surface area contributed by atoms with E-state index in [0.29, 0.717) is 23.2 Å². The first-order chi connectivity index (χ1) is 29.3. The fourth-order valence-corrected chi connectivity index (χ4v) is 9.15. The average molecular weight is 830 g/mol. The zero-order chi connectivity index (χ0) is 43.1. The first-order valence-electron chi connectivity index (χ1n) is 21.2. The number of benzene rings is 2. The second kappa shape index (κ2) is 17.0. The predicted molar refractivity (Wildman–Crippen MR) is 229 cm³/mol. The molecular weight excluding hydrogens is 778 g/mol. The third-order valence-corrected chi connectivity index (χ3v) is 12.3. The van der Waals surface area contributed by atoms with Crippen molar-refractivity contribution in [3.05, 3.63) is 110 Å². The Bertz CT molecular complexity index is 2590. The van der Waals surface area contributed by atoms with Gasteiger partial charge in [-0.3, -0.25) is 38.9 Å². The van der Waals surface area contributed by atoms with Gasteiger partial charge in [-0.1, -0.05) is 19.4 Å². The number of rotatable bonds is 12. The van der Waals surface area contributed by atoms with Gasteiger partial charge in [-0.05, 0) is 112 Å². The lowest BCUT2D eigenvalue weighted by molar-refractivity contribution is -0.136. The number of aromatic amines is 1. The number of pyridine rings is 2. The molecule has 0 bridgehead atoms. The Balaban J connectivity index is 0.926. The van der Waals surface area contributed by atoms with Gasteiger partial charge in [-0.15, -0.1) is 0 Å². The van der Waals surface area contributed by atoms with Crippen LogP contribution < -0.4 is 21.1 Å². The van der Waals surface area contributed by atoms with Crippen LogP contribution in [-0.2, 0) is 35.6 Å². The zero-order valence-electron chi connectivity index (χ0n) is 35.3. The van der Waals surface area contributed by atoms with Crippen LogP contribution in [0.2, 0.25) is 0 Å². The summed E-state index contributed by atoms with van der Waals surface area (Å²) < 4.78 is 17.3. The molecule has 318 valence electrons. The number of hydrogen-bond donors (Lipinski definition) is 3. The number of anilines is 1. The highest BCUT2D eigenvalue weighted by Gasteiger charge is 2.40. The van der Waals surface area contributed by atoms with E-state index in [0.717, 1.165) is 83.4 Å². The minimum absolute atomic E-state index is 0.00475. The number of aryl methyl sites for hydroxylation is 2. The van der Waals surface area contributed by atoms with Crippen LogP contribution in [-0.4, -0.2) is 85.4 Å². The first kappa shape index (κ1) is 41.5. The van der Waals surface area contributed by atoms with Crippen molar-refractivity contribution in [2.24, 2.45) is 0 Å². The zero-order valence-corrected chi connectivity index (χ0v) is 35.3. The number of amides is 4. The van der Waals surface area contributed by atoms with Gasteiger partial charge in [-0.25, -0.2) is 9.37 Å². The molecule has 3 aromatic heterocycles. The molecule has 3 aliphatic rings. The molecule has 2 aromatic carbocycles. The highest BCUT2D eigenvalue weighted by molar-refractivity contribution is 6.08. The van der Waals surface area contributed by atoms with Crippen LogP contribution in [0.3, 0.4) is 0 Å². The largest absolute Gasteiger partial charge is 0.357 e. The van der Waals surface area contributed by atoms with Crippen molar-refractivity contribution in [2.45, 2.75) is 104 Å². The second-order valence-corrected chi connectivity index (χ2v) is 16.9. The van der Waals surface area contributed by atoms with Crippen molar-refractivity contribution >= 4 is 40.3 Å². The lowest BCUT2D eigenvalue weighted by Crippen LogP contribution is -2.52. The van der Waals surface area contributed by atoms with Crippen LogP contribution in [0.25, 0.3) is 22.0 Å². The number of aromatic nitrogens is 4. The molecule has 0 radical (unpaired) electrons. The number of carbonyl (C=O) groups excluding carboxylic acids is 4. The lowest BCUT2D eigenvalue weighted by Gasteiger charge is -2.37. The summed E-state index contributed by atoms with van der Waals surface area (Å²) in [5, 5.41) is 10.7. The predicted octanol–water partition coefficient (Wildman–Crippen LogP) is 5.56. The molecular formula is C46H52FN9O5. The Morgan fingerprint density at radius 1 is 1.02 bits per heavy atom. The maximum absolute atomic E-state index is 15.4. The van der Waals surface area contributed by atoms with Gasteiger partial charge >= 0.3 is 0 Å². The molecule has 8 rings (SSSR count). The van der Waals surface area contributed by atoms with Crippen molar-refractivity contribution in [1.82, 2.24) is 40.2 Å². The molecule has 2 saturated heterocycles. The van der Waals surface area contributed by atoms with E-state index in [1.165, 1.54) is 11.0 Å². The average Bonchev–Trinajstić information content (AvgIpc) is 3.81. The minimum Gasteiger partial charge on any atom is -0.357 e. The Morgan fingerprint density at radius 3 is 2.51 bits per heavy atom. The summed E-state index contributed by atoms with van der Waals surface area (Å²) in [6.07, 6.45) is 7.30. The van der Waals surface area contributed by atoms with Gasteiger partial charge in [0.05, 0.1) is 22.8 Å².